The average Bonchev–Trinajstić information content (AvgIpc) is 2.56. The standard InChI is InChI=1S/C19H21ClN2O2/c1-12(2)15-7-5-14(6-8-15)11-21-18(23)19(24)22-16-9-4-13(3)17(20)10-16/h4-10,12H,11H2,1-3H3,(H,21,23)(H,22,24). The fraction of sp³-hybridized carbons (Fsp3) is 0.263. The Labute approximate surface area is 147 Å². The van der Waals surface area contributed by atoms with E-state index in [2.05, 4.69) is 24.5 Å². The number of aryl methyl sites for hydroxylation is 1. The molecule has 2 aromatic carbocycles. The highest BCUT2D eigenvalue weighted by Gasteiger charge is 2.13. The summed E-state index contributed by atoms with van der Waals surface area (Å²) in [6.07, 6.45) is 0. The lowest BCUT2D eigenvalue weighted by atomic mass is 10.0. The number of amides is 2. The zero-order chi connectivity index (χ0) is 17.7. The van der Waals surface area contributed by atoms with Crippen LogP contribution in [0.2, 0.25) is 5.02 Å². The summed E-state index contributed by atoms with van der Waals surface area (Å²) in [5.74, 6) is -0.936. The number of carbonyl (C=O) groups excluding carboxylic acids is 2. The molecule has 0 aliphatic carbocycles. The van der Waals surface area contributed by atoms with Crippen molar-refractivity contribution >= 4 is 29.1 Å². The van der Waals surface area contributed by atoms with Gasteiger partial charge in [-0.25, -0.2) is 0 Å². The molecule has 24 heavy (non-hydrogen) atoms. The summed E-state index contributed by atoms with van der Waals surface area (Å²) in [6, 6.07) is 13.1. The van der Waals surface area contributed by atoms with Crippen LogP contribution < -0.4 is 10.6 Å². The Morgan fingerprint density at radius 3 is 2.29 bits per heavy atom. The maximum absolute atomic E-state index is 11.9. The fourth-order valence-electron chi connectivity index (χ4n) is 2.14. The van der Waals surface area contributed by atoms with Crippen LogP contribution in [0.15, 0.2) is 42.5 Å². The van der Waals surface area contributed by atoms with E-state index in [4.69, 9.17) is 11.6 Å². The summed E-state index contributed by atoms with van der Waals surface area (Å²) in [5, 5.41) is 5.68. The maximum Gasteiger partial charge on any atom is 0.313 e. The average molecular weight is 345 g/mol. The molecule has 126 valence electrons. The van der Waals surface area contributed by atoms with Crippen molar-refractivity contribution in [2.45, 2.75) is 33.2 Å². The number of carbonyl (C=O) groups is 2. The van der Waals surface area contributed by atoms with Gasteiger partial charge in [-0.05, 0) is 41.7 Å². The summed E-state index contributed by atoms with van der Waals surface area (Å²) in [4.78, 5) is 23.8. The maximum atomic E-state index is 11.9. The van der Waals surface area contributed by atoms with Gasteiger partial charge in [0.2, 0.25) is 0 Å². The predicted octanol–water partition coefficient (Wildman–Crippen LogP) is 4.03. The zero-order valence-electron chi connectivity index (χ0n) is 14.0. The highest BCUT2D eigenvalue weighted by molar-refractivity contribution is 6.39. The number of nitrogens with one attached hydrogen (secondary N) is 2. The minimum atomic E-state index is -0.714. The van der Waals surface area contributed by atoms with Gasteiger partial charge in [-0.15, -0.1) is 0 Å². The Morgan fingerprint density at radius 1 is 1.04 bits per heavy atom. The third kappa shape index (κ3) is 4.83. The summed E-state index contributed by atoms with van der Waals surface area (Å²) in [6.45, 7) is 6.42. The lowest BCUT2D eigenvalue weighted by molar-refractivity contribution is -0.136. The monoisotopic (exact) mass is 344 g/mol. The van der Waals surface area contributed by atoms with Crippen molar-refractivity contribution in [2.75, 3.05) is 5.32 Å². The van der Waals surface area contributed by atoms with Gasteiger partial charge in [-0.2, -0.15) is 0 Å². The van der Waals surface area contributed by atoms with Gasteiger partial charge >= 0.3 is 11.8 Å². The van der Waals surface area contributed by atoms with Crippen molar-refractivity contribution in [1.29, 1.82) is 0 Å². The molecule has 2 amide bonds. The molecule has 0 saturated carbocycles. The number of anilines is 1. The lowest BCUT2D eigenvalue weighted by Crippen LogP contribution is -2.34. The quantitative estimate of drug-likeness (QED) is 0.823. The zero-order valence-corrected chi connectivity index (χ0v) is 14.8. The van der Waals surface area contributed by atoms with Crippen molar-refractivity contribution in [1.82, 2.24) is 5.32 Å². The van der Waals surface area contributed by atoms with Gasteiger partial charge in [0.1, 0.15) is 0 Å². The van der Waals surface area contributed by atoms with Crippen LogP contribution in [0, 0.1) is 6.92 Å². The summed E-state index contributed by atoms with van der Waals surface area (Å²) in [5.41, 5.74) is 3.58. The molecule has 4 nitrogen and oxygen atoms in total. The van der Waals surface area contributed by atoms with E-state index in [0.29, 0.717) is 23.2 Å². The Morgan fingerprint density at radius 2 is 1.71 bits per heavy atom. The molecule has 2 aromatic rings. The second kappa shape index (κ2) is 7.97. The van der Waals surface area contributed by atoms with E-state index in [9.17, 15) is 9.59 Å². The van der Waals surface area contributed by atoms with Crippen molar-refractivity contribution < 1.29 is 9.59 Å². The molecular weight excluding hydrogens is 324 g/mol. The first-order valence-corrected chi connectivity index (χ1v) is 8.19. The molecule has 2 N–H and O–H groups in total. The van der Waals surface area contributed by atoms with Crippen LogP contribution in [0.4, 0.5) is 5.69 Å². The van der Waals surface area contributed by atoms with Gasteiger partial charge in [0, 0.05) is 17.3 Å². The molecule has 0 saturated heterocycles. The number of rotatable bonds is 4. The van der Waals surface area contributed by atoms with Crippen molar-refractivity contribution in [3.63, 3.8) is 0 Å². The van der Waals surface area contributed by atoms with Crippen LogP contribution in [0.25, 0.3) is 0 Å². The Kier molecular flexibility index (Phi) is 5.99. The van der Waals surface area contributed by atoms with Crippen molar-refractivity contribution in [2.24, 2.45) is 0 Å². The topological polar surface area (TPSA) is 58.2 Å². The third-order valence-corrected chi connectivity index (χ3v) is 4.14. The molecule has 2 rings (SSSR count). The van der Waals surface area contributed by atoms with Crippen molar-refractivity contribution in [3.05, 3.63) is 64.2 Å². The summed E-state index contributed by atoms with van der Waals surface area (Å²) < 4.78 is 0. The lowest BCUT2D eigenvalue weighted by Gasteiger charge is -2.09. The largest absolute Gasteiger partial charge is 0.344 e. The van der Waals surface area contributed by atoms with Gasteiger partial charge in [-0.3, -0.25) is 9.59 Å². The number of halogens is 1. The van der Waals surface area contributed by atoms with Crippen LogP contribution in [0.3, 0.4) is 0 Å². The normalized spacial score (nSPS) is 10.5. The minimum absolute atomic E-state index is 0.305. The van der Waals surface area contributed by atoms with E-state index >= 15 is 0 Å². The van der Waals surface area contributed by atoms with Crippen molar-refractivity contribution in [3.8, 4) is 0 Å². The van der Waals surface area contributed by atoms with Crippen LogP contribution in [0.1, 0.15) is 36.5 Å². The molecule has 0 aromatic heterocycles. The SMILES string of the molecule is Cc1ccc(NC(=O)C(=O)NCc2ccc(C(C)C)cc2)cc1Cl. The van der Waals surface area contributed by atoms with Gasteiger partial charge in [0.05, 0.1) is 0 Å². The molecular formula is C19H21ClN2O2. The number of benzene rings is 2. The Balaban J connectivity index is 1.89. The van der Waals surface area contributed by atoms with E-state index in [0.717, 1.165) is 11.1 Å². The van der Waals surface area contributed by atoms with Gasteiger partial charge < -0.3 is 10.6 Å². The third-order valence-electron chi connectivity index (χ3n) is 3.74. The molecule has 0 atom stereocenters. The molecule has 0 radical (unpaired) electrons. The molecule has 0 aliphatic rings. The number of hydrogen-bond donors (Lipinski definition) is 2. The highest BCUT2D eigenvalue weighted by Crippen LogP contribution is 2.19. The van der Waals surface area contributed by atoms with Crippen LogP contribution >= 0.6 is 11.6 Å². The predicted molar refractivity (Wildman–Crippen MR) is 97.2 cm³/mol. The molecule has 0 heterocycles. The van der Waals surface area contributed by atoms with E-state index in [1.807, 2.05) is 31.2 Å². The van der Waals surface area contributed by atoms with Crippen LogP contribution in [-0.4, -0.2) is 11.8 Å². The highest BCUT2D eigenvalue weighted by atomic mass is 35.5. The smallest absolute Gasteiger partial charge is 0.313 e. The van der Waals surface area contributed by atoms with E-state index in [-0.39, 0.29) is 0 Å². The first-order valence-electron chi connectivity index (χ1n) is 7.81. The van der Waals surface area contributed by atoms with E-state index in [1.54, 1.807) is 18.2 Å². The van der Waals surface area contributed by atoms with Gasteiger partial charge in [0.15, 0.2) is 0 Å². The first-order chi connectivity index (χ1) is 11.4. The van der Waals surface area contributed by atoms with Gasteiger partial charge in [0.25, 0.3) is 0 Å². The molecule has 0 bridgehead atoms. The van der Waals surface area contributed by atoms with Crippen LogP contribution in [-0.2, 0) is 16.1 Å². The summed E-state index contributed by atoms with van der Waals surface area (Å²) in [7, 11) is 0. The molecule has 0 aliphatic heterocycles. The van der Waals surface area contributed by atoms with Gasteiger partial charge in [-0.1, -0.05) is 55.8 Å². The second-order valence-electron chi connectivity index (χ2n) is 6.00. The molecule has 0 unspecified atom stereocenters. The first kappa shape index (κ1) is 18.0. The van der Waals surface area contributed by atoms with E-state index in [1.165, 1.54) is 5.56 Å². The second-order valence-corrected chi connectivity index (χ2v) is 6.40. The van der Waals surface area contributed by atoms with E-state index < -0.39 is 11.8 Å². The Hall–Kier alpha value is -2.33. The fourth-order valence-corrected chi connectivity index (χ4v) is 2.32. The molecule has 0 fully saturated rings. The van der Waals surface area contributed by atoms with Crippen LogP contribution in [0.5, 0.6) is 0 Å². The molecule has 0 spiro atoms. The minimum Gasteiger partial charge on any atom is -0.344 e. The number of hydrogen-bond acceptors (Lipinski definition) is 2. The summed E-state index contributed by atoms with van der Waals surface area (Å²) >= 11 is 6.00. The Bertz CT molecular complexity index is 740. The molecule has 5 heteroatoms.